The summed E-state index contributed by atoms with van der Waals surface area (Å²) in [5.41, 5.74) is 0. The van der Waals surface area contributed by atoms with Crippen molar-refractivity contribution < 1.29 is 85.7 Å². The van der Waals surface area contributed by atoms with Gasteiger partial charge in [-0.1, -0.05) is 12.8 Å². The molecule has 1 aliphatic carbocycles. The van der Waals surface area contributed by atoms with Crippen LogP contribution in [0.5, 0.6) is 0 Å². The maximum atomic E-state index is 12.3. The normalized spacial score (nSPS) is 33.9. The Balaban J connectivity index is 1.97. The molecule has 3 fully saturated rings. The Hall–Kier alpha value is -3.87. The summed E-state index contributed by atoms with van der Waals surface area (Å²) in [4.78, 5) is 84.5. The van der Waals surface area contributed by atoms with Gasteiger partial charge < -0.3 is 52.1 Å². The minimum absolute atomic E-state index is 0.376. The van der Waals surface area contributed by atoms with Crippen molar-refractivity contribution in [3.63, 3.8) is 0 Å². The zero-order valence-electron chi connectivity index (χ0n) is 29.3. The first kappa shape index (κ1) is 40.6. The number of hydrogen-bond acceptors (Lipinski definition) is 18. The average Bonchev–Trinajstić information content (AvgIpc) is 2.98. The molecule has 1 saturated carbocycles. The lowest BCUT2D eigenvalue weighted by Gasteiger charge is -2.47. The molecule has 2 heterocycles. The van der Waals surface area contributed by atoms with E-state index in [0.29, 0.717) is 25.7 Å². The molecule has 0 amide bonds. The summed E-state index contributed by atoms with van der Waals surface area (Å²) in [5, 5.41) is 0. The van der Waals surface area contributed by atoms with E-state index in [1.54, 1.807) is 6.92 Å². The van der Waals surface area contributed by atoms with E-state index in [1.165, 1.54) is 6.92 Å². The van der Waals surface area contributed by atoms with Crippen molar-refractivity contribution in [3.8, 4) is 0 Å². The molecule has 0 aromatic rings. The van der Waals surface area contributed by atoms with E-state index in [0.717, 1.165) is 41.5 Å². The number of esters is 7. The van der Waals surface area contributed by atoms with Crippen molar-refractivity contribution in [1.82, 2.24) is 0 Å². The minimum Gasteiger partial charge on any atom is -0.463 e. The van der Waals surface area contributed by atoms with Crippen LogP contribution in [0, 0.1) is 0 Å². The highest BCUT2D eigenvalue weighted by atomic mass is 16.8. The molecular formula is C32H46O18. The first-order valence-corrected chi connectivity index (χ1v) is 16.2. The number of carbonyl (C=O) groups is 7. The standard InChI is InChI=1S/C32H46O18/c1-14-25(42-16(3)34)27(44-18(5)36)29(46-20(7)38)31(41-14)48-22-11-9-10-12-23(22)49-32-30(47-21(8)39)28(45-19(6)37)26(43-17(4)35)24(50-32)13-40-15(2)33/h14,22-32H,9-13H2,1-8H3. The third kappa shape index (κ3) is 11.6. The molecule has 282 valence electrons. The van der Waals surface area contributed by atoms with Crippen LogP contribution in [0.1, 0.15) is 81.1 Å². The van der Waals surface area contributed by atoms with Gasteiger partial charge in [0, 0.05) is 48.5 Å². The lowest BCUT2D eigenvalue weighted by molar-refractivity contribution is -0.343. The fourth-order valence-corrected chi connectivity index (χ4v) is 6.10. The van der Waals surface area contributed by atoms with Crippen LogP contribution in [0.25, 0.3) is 0 Å². The molecule has 2 aliphatic heterocycles. The van der Waals surface area contributed by atoms with Crippen LogP contribution in [0.15, 0.2) is 0 Å². The molecule has 0 aromatic heterocycles. The van der Waals surface area contributed by atoms with E-state index in [2.05, 4.69) is 0 Å². The number of ether oxygens (including phenoxy) is 11. The van der Waals surface area contributed by atoms with Crippen molar-refractivity contribution >= 4 is 41.8 Å². The molecule has 18 heteroatoms. The summed E-state index contributed by atoms with van der Waals surface area (Å²) in [6.45, 7) is 9.05. The third-order valence-corrected chi connectivity index (χ3v) is 7.84. The Morgan fingerprint density at radius 3 is 1.26 bits per heavy atom. The van der Waals surface area contributed by atoms with Gasteiger partial charge in [0.2, 0.25) is 0 Å². The molecule has 3 aliphatic rings. The van der Waals surface area contributed by atoms with Gasteiger partial charge in [0.25, 0.3) is 0 Å². The van der Waals surface area contributed by atoms with Crippen LogP contribution in [0.3, 0.4) is 0 Å². The van der Waals surface area contributed by atoms with Crippen molar-refractivity contribution in [1.29, 1.82) is 0 Å². The average molecular weight is 719 g/mol. The second kappa shape index (κ2) is 18.4. The summed E-state index contributed by atoms with van der Waals surface area (Å²) >= 11 is 0. The van der Waals surface area contributed by atoms with E-state index >= 15 is 0 Å². The van der Waals surface area contributed by atoms with E-state index in [-0.39, 0.29) is 0 Å². The fourth-order valence-electron chi connectivity index (χ4n) is 6.10. The number of rotatable bonds is 12. The quantitative estimate of drug-likeness (QED) is 0.202. The molecule has 18 nitrogen and oxygen atoms in total. The van der Waals surface area contributed by atoms with E-state index in [1.807, 2.05) is 0 Å². The first-order valence-electron chi connectivity index (χ1n) is 16.2. The first-order chi connectivity index (χ1) is 23.5. The summed E-state index contributed by atoms with van der Waals surface area (Å²) in [6, 6.07) is 0. The molecule has 12 unspecified atom stereocenters. The Morgan fingerprint density at radius 1 is 0.480 bits per heavy atom. The Labute approximate surface area is 288 Å². The Bertz CT molecular complexity index is 1250. The molecule has 0 spiro atoms. The predicted molar refractivity (Wildman–Crippen MR) is 161 cm³/mol. The van der Waals surface area contributed by atoms with Crippen LogP contribution < -0.4 is 0 Å². The van der Waals surface area contributed by atoms with Gasteiger partial charge in [-0.15, -0.1) is 0 Å². The molecule has 0 aromatic carbocycles. The topological polar surface area (TPSA) is 221 Å². The van der Waals surface area contributed by atoms with Gasteiger partial charge in [-0.05, 0) is 19.8 Å². The third-order valence-electron chi connectivity index (χ3n) is 7.84. The maximum Gasteiger partial charge on any atom is 0.303 e. The predicted octanol–water partition coefficient (Wildman–Crippen LogP) is 0.954. The summed E-state index contributed by atoms with van der Waals surface area (Å²) < 4.78 is 62.9. The van der Waals surface area contributed by atoms with Crippen molar-refractivity contribution in [2.24, 2.45) is 0 Å². The highest BCUT2D eigenvalue weighted by Gasteiger charge is 2.55. The molecule has 0 radical (unpaired) electrons. The zero-order valence-corrected chi connectivity index (χ0v) is 29.3. The van der Waals surface area contributed by atoms with Gasteiger partial charge >= 0.3 is 41.8 Å². The largest absolute Gasteiger partial charge is 0.463 e. The molecule has 50 heavy (non-hydrogen) atoms. The van der Waals surface area contributed by atoms with Gasteiger partial charge in [-0.2, -0.15) is 0 Å². The van der Waals surface area contributed by atoms with E-state index in [9.17, 15) is 33.6 Å². The monoisotopic (exact) mass is 718 g/mol. The SMILES string of the molecule is CC(=O)OCC1OC(OC2CCCCC2OC2OC(C)C(OC(C)=O)C(OC(C)=O)C2OC(C)=O)C(OC(C)=O)C(OC(C)=O)C1OC(C)=O. The van der Waals surface area contributed by atoms with E-state index < -0.39 is 122 Å². The second-order valence-electron chi connectivity index (χ2n) is 12.1. The van der Waals surface area contributed by atoms with Gasteiger partial charge in [0.15, 0.2) is 49.2 Å². The van der Waals surface area contributed by atoms with Gasteiger partial charge in [-0.3, -0.25) is 33.6 Å². The van der Waals surface area contributed by atoms with Gasteiger partial charge in [0.1, 0.15) is 12.7 Å². The number of carbonyl (C=O) groups excluding carboxylic acids is 7. The minimum atomic E-state index is -1.47. The van der Waals surface area contributed by atoms with Crippen LogP contribution in [-0.4, -0.2) is 122 Å². The second-order valence-corrected chi connectivity index (χ2v) is 12.1. The fraction of sp³-hybridized carbons (Fsp3) is 0.781. The van der Waals surface area contributed by atoms with Crippen LogP contribution >= 0.6 is 0 Å². The Morgan fingerprint density at radius 2 is 0.840 bits per heavy atom. The van der Waals surface area contributed by atoms with Crippen LogP contribution in [0.4, 0.5) is 0 Å². The van der Waals surface area contributed by atoms with Gasteiger partial charge in [-0.25, -0.2) is 0 Å². The van der Waals surface area contributed by atoms with Crippen LogP contribution in [0.2, 0.25) is 0 Å². The van der Waals surface area contributed by atoms with Crippen molar-refractivity contribution in [3.05, 3.63) is 0 Å². The lowest BCUT2D eigenvalue weighted by atomic mass is 9.93. The maximum absolute atomic E-state index is 12.3. The number of hydrogen-bond donors (Lipinski definition) is 0. The summed E-state index contributed by atoms with van der Waals surface area (Å²) in [7, 11) is 0. The molecule has 0 bridgehead atoms. The summed E-state index contributed by atoms with van der Waals surface area (Å²) in [5.74, 6) is -5.23. The highest BCUT2D eigenvalue weighted by Crippen LogP contribution is 2.36. The highest BCUT2D eigenvalue weighted by molar-refractivity contribution is 5.69. The van der Waals surface area contributed by atoms with Crippen molar-refractivity contribution in [2.75, 3.05) is 6.61 Å². The molecule has 12 atom stereocenters. The zero-order chi connectivity index (χ0) is 37.3. The molecule has 0 N–H and O–H groups in total. The smallest absolute Gasteiger partial charge is 0.303 e. The summed E-state index contributed by atoms with van der Waals surface area (Å²) in [6.07, 6.45) is -12.5. The van der Waals surface area contributed by atoms with Gasteiger partial charge in [0.05, 0.1) is 18.3 Å². The molecule has 3 rings (SSSR count). The lowest BCUT2D eigenvalue weighted by Crippen LogP contribution is -2.64. The molecular weight excluding hydrogens is 672 g/mol. The Kier molecular flexibility index (Phi) is 14.9. The molecule has 2 saturated heterocycles. The van der Waals surface area contributed by atoms with Crippen LogP contribution in [-0.2, 0) is 85.7 Å². The van der Waals surface area contributed by atoms with E-state index in [4.69, 9.17) is 52.1 Å². The van der Waals surface area contributed by atoms with Crippen molar-refractivity contribution in [2.45, 2.75) is 155 Å².